The summed E-state index contributed by atoms with van der Waals surface area (Å²) in [7, 11) is 3.67. The summed E-state index contributed by atoms with van der Waals surface area (Å²) in [5, 5.41) is 0. The summed E-state index contributed by atoms with van der Waals surface area (Å²) >= 11 is 0. The number of alkyl halides is 2. The second kappa shape index (κ2) is 4.00. The Morgan fingerprint density at radius 3 is 1.64 bits per heavy atom. The first-order valence-corrected chi connectivity index (χ1v) is 4.05. The van der Waals surface area contributed by atoms with Crippen molar-refractivity contribution in [1.29, 1.82) is 0 Å². The van der Waals surface area contributed by atoms with Gasteiger partial charge in [0.1, 0.15) is 0 Å². The lowest BCUT2D eigenvalue weighted by atomic mass is 9.87. The summed E-state index contributed by atoms with van der Waals surface area (Å²) < 4.78 is 24.2. The Kier molecular flexibility index (Phi) is 3.93. The molecule has 0 amide bonds. The second-order valence-electron chi connectivity index (χ2n) is 2.88. The van der Waals surface area contributed by atoms with E-state index in [4.69, 9.17) is 0 Å². The summed E-state index contributed by atoms with van der Waals surface area (Å²) in [4.78, 5) is 1.84. The van der Waals surface area contributed by atoms with Gasteiger partial charge in [-0.15, -0.1) is 0 Å². The molecule has 0 radical (unpaired) electrons. The molecule has 3 heteroatoms. The fraction of sp³-hybridized carbons (Fsp3) is 1.00. The SMILES string of the molecule is CC.CN(C)C1CC(F)(F)C1. The Hall–Kier alpha value is -0.180. The van der Waals surface area contributed by atoms with E-state index in [9.17, 15) is 8.78 Å². The number of rotatable bonds is 1. The van der Waals surface area contributed by atoms with Crippen molar-refractivity contribution in [1.82, 2.24) is 4.90 Å². The lowest BCUT2D eigenvalue weighted by Gasteiger charge is -2.39. The van der Waals surface area contributed by atoms with Crippen LogP contribution in [-0.4, -0.2) is 31.0 Å². The molecule has 0 spiro atoms. The van der Waals surface area contributed by atoms with Crippen molar-refractivity contribution >= 4 is 0 Å². The molecule has 1 aliphatic carbocycles. The number of nitrogens with zero attached hydrogens (tertiary/aromatic N) is 1. The molecular formula is C8H17F2N. The molecule has 11 heavy (non-hydrogen) atoms. The molecule has 0 aliphatic heterocycles. The summed E-state index contributed by atoms with van der Waals surface area (Å²) in [6.45, 7) is 4.00. The van der Waals surface area contributed by atoms with Gasteiger partial charge in [0, 0.05) is 18.9 Å². The third kappa shape index (κ3) is 3.14. The number of hydrogen-bond donors (Lipinski definition) is 0. The molecule has 1 saturated carbocycles. The Bertz CT molecular complexity index is 105. The average molecular weight is 165 g/mol. The van der Waals surface area contributed by atoms with Crippen LogP contribution < -0.4 is 0 Å². The molecular weight excluding hydrogens is 148 g/mol. The van der Waals surface area contributed by atoms with Crippen molar-refractivity contribution in [3.05, 3.63) is 0 Å². The average Bonchev–Trinajstić information content (AvgIpc) is 1.87. The minimum atomic E-state index is -2.37. The molecule has 1 aliphatic rings. The van der Waals surface area contributed by atoms with E-state index in [0.717, 1.165) is 0 Å². The molecule has 1 fully saturated rings. The van der Waals surface area contributed by atoms with Crippen LogP contribution in [0.15, 0.2) is 0 Å². The lowest BCUT2D eigenvalue weighted by Crippen LogP contribution is -2.47. The molecule has 0 aromatic heterocycles. The minimum Gasteiger partial charge on any atom is -0.306 e. The molecule has 0 N–H and O–H groups in total. The Balaban J connectivity index is 0.000000461. The first-order valence-electron chi connectivity index (χ1n) is 4.05. The summed E-state index contributed by atoms with van der Waals surface area (Å²) in [5.74, 6) is -2.37. The topological polar surface area (TPSA) is 3.24 Å². The molecule has 0 heterocycles. The summed E-state index contributed by atoms with van der Waals surface area (Å²) in [6, 6.07) is 0.111. The quantitative estimate of drug-likeness (QED) is 0.576. The van der Waals surface area contributed by atoms with Gasteiger partial charge in [-0.3, -0.25) is 0 Å². The highest BCUT2D eigenvalue weighted by atomic mass is 19.3. The molecule has 0 unspecified atom stereocenters. The molecule has 0 saturated heterocycles. The first-order chi connectivity index (χ1) is 5.01. The minimum absolute atomic E-state index is 0.0417. The van der Waals surface area contributed by atoms with Crippen molar-refractivity contribution < 1.29 is 8.78 Å². The van der Waals surface area contributed by atoms with Gasteiger partial charge in [-0.05, 0) is 14.1 Å². The maximum atomic E-state index is 12.1. The highest BCUT2D eigenvalue weighted by molar-refractivity contribution is 4.90. The smallest absolute Gasteiger partial charge is 0.251 e. The van der Waals surface area contributed by atoms with Gasteiger partial charge in [-0.2, -0.15) is 0 Å². The maximum absolute atomic E-state index is 12.1. The fourth-order valence-electron chi connectivity index (χ4n) is 0.995. The lowest BCUT2D eigenvalue weighted by molar-refractivity contribution is -0.115. The second-order valence-corrected chi connectivity index (χ2v) is 2.88. The van der Waals surface area contributed by atoms with Crippen LogP contribution in [0, 0.1) is 0 Å². The maximum Gasteiger partial charge on any atom is 0.251 e. The van der Waals surface area contributed by atoms with Crippen LogP contribution in [-0.2, 0) is 0 Å². The fourth-order valence-corrected chi connectivity index (χ4v) is 0.995. The zero-order valence-electron chi connectivity index (χ0n) is 7.69. The van der Waals surface area contributed by atoms with Crippen molar-refractivity contribution in [2.75, 3.05) is 14.1 Å². The van der Waals surface area contributed by atoms with E-state index in [-0.39, 0.29) is 18.9 Å². The summed E-state index contributed by atoms with van der Waals surface area (Å²) in [6.07, 6.45) is 0.0833. The molecule has 0 atom stereocenters. The molecule has 68 valence electrons. The van der Waals surface area contributed by atoms with Crippen LogP contribution in [0.3, 0.4) is 0 Å². The third-order valence-corrected chi connectivity index (χ3v) is 1.80. The van der Waals surface area contributed by atoms with Gasteiger partial charge in [-0.25, -0.2) is 8.78 Å². The van der Waals surface area contributed by atoms with Gasteiger partial charge in [0.15, 0.2) is 0 Å². The van der Waals surface area contributed by atoms with Gasteiger partial charge in [0.2, 0.25) is 0 Å². The monoisotopic (exact) mass is 165 g/mol. The Labute approximate surface area is 67.4 Å². The van der Waals surface area contributed by atoms with E-state index < -0.39 is 5.92 Å². The van der Waals surface area contributed by atoms with Gasteiger partial charge in [-0.1, -0.05) is 13.8 Å². The van der Waals surface area contributed by atoms with Crippen molar-refractivity contribution in [3.63, 3.8) is 0 Å². The Morgan fingerprint density at radius 1 is 1.18 bits per heavy atom. The zero-order chi connectivity index (χ0) is 9.07. The normalized spacial score (nSPS) is 22.1. The highest BCUT2D eigenvalue weighted by Gasteiger charge is 2.45. The highest BCUT2D eigenvalue weighted by Crippen LogP contribution is 2.39. The molecule has 0 aromatic rings. The van der Waals surface area contributed by atoms with Crippen LogP contribution in [0.2, 0.25) is 0 Å². The van der Waals surface area contributed by atoms with Crippen molar-refractivity contribution in [3.8, 4) is 0 Å². The van der Waals surface area contributed by atoms with Crippen molar-refractivity contribution in [2.24, 2.45) is 0 Å². The van der Waals surface area contributed by atoms with Crippen molar-refractivity contribution in [2.45, 2.75) is 38.7 Å². The molecule has 0 bridgehead atoms. The number of halogens is 2. The molecule has 0 aromatic carbocycles. The van der Waals surface area contributed by atoms with Crippen LogP contribution in [0.25, 0.3) is 0 Å². The van der Waals surface area contributed by atoms with E-state index in [1.165, 1.54) is 0 Å². The van der Waals surface area contributed by atoms with Gasteiger partial charge in [0.25, 0.3) is 5.92 Å². The third-order valence-electron chi connectivity index (χ3n) is 1.80. The number of hydrogen-bond acceptors (Lipinski definition) is 1. The Morgan fingerprint density at radius 2 is 1.55 bits per heavy atom. The largest absolute Gasteiger partial charge is 0.306 e. The molecule has 1 rings (SSSR count). The van der Waals surface area contributed by atoms with Gasteiger partial charge in [0.05, 0.1) is 0 Å². The van der Waals surface area contributed by atoms with E-state index in [1.807, 2.05) is 32.8 Å². The van der Waals surface area contributed by atoms with E-state index in [0.29, 0.717) is 0 Å². The zero-order valence-corrected chi connectivity index (χ0v) is 7.69. The van der Waals surface area contributed by atoms with Crippen LogP contribution in [0.5, 0.6) is 0 Å². The van der Waals surface area contributed by atoms with E-state index in [1.54, 1.807) is 0 Å². The van der Waals surface area contributed by atoms with Gasteiger partial charge < -0.3 is 4.90 Å². The van der Waals surface area contributed by atoms with Crippen LogP contribution in [0.1, 0.15) is 26.7 Å². The summed E-state index contributed by atoms with van der Waals surface area (Å²) in [5.41, 5.74) is 0. The van der Waals surface area contributed by atoms with Gasteiger partial charge >= 0.3 is 0 Å². The van der Waals surface area contributed by atoms with E-state index in [2.05, 4.69) is 0 Å². The predicted octanol–water partition coefficient (Wildman–Crippen LogP) is 2.37. The first kappa shape index (κ1) is 10.8. The van der Waals surface area contributed by atoms with E-state index >= 15 is 0 Å². The van der Waals surface area contributed by atoms with Crippen LogP contribution in [0.4, 0.5) is 8.78 Å². The predicted molar refractivity (Wildman–Crippen MR) is 43.0 cm³/mol. The molecule has 1 nitrogen and oxygen atoms in total. The standard InChI is InChI=1S/C6H11F2N.C2H6/c1-9(2)5-3-6(7,8)4-5;1-2/h5H,3-4H2,1-2H3;1-2H3. The van der Waals surface area contributed by atoms with Crippen LogP contribution >= 0.6 is 0 Å².